The molecule has 2 aromatic carbocycles. The molecule has 2 heterocycles. The number of nitrogens with one attached hydrogen (secondary N) is 4. The first-order valence-electron chi connectivity index (χ1n) is 9.97. The molecule has 0 bridgehead atoms. The first kappa shape index (κ1) is 24.8. The van der Waals surface area contributed by atoms with Crippen LogP contribution in [0.15, 0.2) is 63.1 Å². The van der Waals surface area contributed by atoms with Crippen LogP contribution in [0.3, 0.4) is 0 Å². The van der Waals surface area contributed by atoms with Crippen LogP contribution in [0.5, 0.6) is 11.5 Å². The van der Waals surface area contributed by atoms with Gasteiger partial charge in [-0.2, -0.15) is 13.2 Å². The second-order valence-corrected chi connectivity index (χ2v) is 8.02. The Morgan fingerprint density at radius 2 is 1.72 bits per heavy atom. The Hall–Kier alpha value is -4.33. The number of ether oxygens (including phenoxy) is 1. The van der Waals surface area contributed by atoms with Gasteiger partial charge in [-0.05, 0) is 42.7 Å². The van der Waals surface area contributed by atoms with Crippen molar-refractivity contribution in [2.24, 2.45) is 0 Å². The molecule has 0 aliphatic carbocycles. The number of rotatable bonds is 5. The van der Waals surface area contributed by atoms with Crippen LogP contribution in [0.25, 0.3) is 11.2 Å². The summed E-state index contributed by atoms with van der Waals surface area (Å²) in [4.78, 5) is 44.8. The molecular formula is C22H15F4N5O4S. The molecule has 0 atom stereocenters. The van der Waals surface area contributed by atoms with Crippen LogP contribution >= 0.6 is 11.8 Å². The van der Waals surface area contributed by atoms with E-state index in [1.54, 1.807) is 12.3 Å². The van der Waals surface area contributed by atoms with Gasteiger partial charge in [0.15, 0.2) is 11.4 Å². The number of thioether (sulfide) groups is 1. The van der Waals surface area contributed by atoms with Crippen molar-refractivity contribution in [2.75, 3.05) is 16.9 Å². The summed E-state index contributed by atoms with van der Waals surface area (Å²) in [6, 6.07) is 6.70. The van der Waals surface area contributed by atoms with Crippen LogP contribution in [-0.4, -0.2) is 27.2 Å². The molecule has 0 saturated heterocycles. The van der Waals surface area contributed by atoms with Crippen LogP contribution in [0.2, 0.25) is 0 Å². The SMILES string of the molecule is CSc1cc(Oc2ccnc3[nH]c(=O)c(=O)[nH]c23)ccc1NC(=O)Nc1cc(C(F)(F)F)ccc1F. The third kappa shape index (κ3) is 5.33. The van der Waals surface area contributed by atoms with Crippen LogP contribution < -0.4 is 26.5 Å². The van der Waals surface area contributed by atoms with Crippen molar-refractivity contribution in [3.05, 3.63) is 80.7 Å². The fourth-order valence-electron chi connectivity index (χ4n) is 3.12. The Kier molecular flexibility index (Phi) is 6.70. The minimum Gasteiger partial charge on any atom is -0.455 e. The molecule has 2 aromatic heterocycles. The van der Waals surface area contributed by atoms with E-state index in [9.17, 15) is 31.9 Å². The van der Waals surface area contributed by atoms with Crippen molar-refractivity contribution < 1.29 is 27.1 Å². The van der Waals surface area contributed by atoms with Crippen LogP contribution in [-0.2, 0) is 6.18 Å². The summed E-state index contributed by atoms with van der Waals surface area (Å²) in [7, 11) is 0. The van der Waals surface area contributed by atoms with Crippen molar-refractivity contribution in [3.8, 4) is 11.5 Å². The van der Waals surface area contributed by atoms with Crippen LogP contribution in [0.1, 0.15) is 5.56 Å². The normalized spacial score (nSPS) is 11.4. The maximum Gasteiger partial charge on any atom is 0.416 e. The molecule has 4 N–H and O–H groups in total. The minimum absolute atomic E-state index is 0.110. The number of halogens is 4. The number of carbonyl (C=O) groups is 1. The Labute approximate surface area is 202 Å². The van der Waals surface area contributed by atoms with Gasteiger partial charge in [-0.15, -0.1) is 11.8 Å². The molecule has 0 aliphatic rings. The average Bonchev–Trinajstić information content (AvgIpc) is 2.82. The average molecular weight is 521 g/mol. The molecule has 186 valence electrons. The number of aromatic amines is 2. The summed E-state index contributed by atoms with van der Waals surface area (Å²) in [5, 5.41) is 4.53. The van der Waals surface area contributed by atoms with E-state index in [2.05, 4.69) is 25.6 Å². The first-order chi connectivity index (χ1) is 17.0. The quantitative estimate of drug-likeness (QED) is 0.168. The first-order valence-corrected chi connectivity index (χ1v) is 11.2. The molecule has 0 radical (unpaired) electrons. The minimum atomic E-state index is -4.70. The van der Waals surface area contributed by atoms with Crippen molar-refractivity contribution in [2.45, 2.75) is 11.1 Å². The number of carbonyl (C=O) groups excluding carboxylic acids is 1. The van der Waals surface area contributed by atoms with E-state index in [4.69, 9.17) is 4.74 Å². The summed E-state index contributed by atoms with van der Waals surface area (Å²) < 4.78 is 58.5. The third-order valence-corrected chi connectivity index (χ3v) is 5.56. The van der Waals surface area contributed by atoms with Gasteiger partial charge in [-0.1, -0.05) is 0 Å². The van der Waals surface area contributed by atoms with E-state index in [0.717, 1.165) is 0 Å². The lowest BCUT2D eigenvalue weighted by Crippen LogP contribution is -2.29. The van der Waals surface area contributed by atoms with E-state index in [0.29, 0.717) is 28.8 Å². The van der Waals surface area contributed by atoms with Crippen LogP contribution in [0.4, 0.5) is 33.7 Å². The number of fused-ring (bicyclic) bond motifs is 1. The van der Waals surface area contributed by atoms with Crippen LogP contribution in [0, 0.1) is 5.82 Å². The van der Waals surface area contributed by atoms with Gasteiger partial charge in [0.2, 0.25) is 0 Å². The van der Waals surface area contributed by atoms with E-state index >= 15 is 0 Å². The number of aromatic nitrogens is 3. The number of hydrogen-bond donors (Lipinski definition) is 4. The molecule has 0 saturated carbocycles. The number of anilines is 2. The number of pyridine rings is 1. The van der Waals surface area contributed by atoms with E-state index < -0.39 is 40.4 Å². The fraction of sp³-hybridized carbons (Fsp3) is 0.0909. The van der Waals surface area contributed by atoms with E-state index in [1.165, 1.54) is 36.2 Å². The number of H-pyrrole nitrogens is 2. The van der Waals surface area contributed by atoms with Gasteiger partial charge in [-0.25, -0.2) is 14.2 Å². The standard InChI is InChI=1S/C22H15F4N5O4S/c1-36-16-9-11(35-15-6-7-27-18-17(15)30-19(32)20(33)31-18)3-5-13(16)28-21(34)29-14-8-10(22(24,25)26)2-4-12(14)23/h2-9H,1H3,(H,30,32)(H,27,31,33)(H2,28,29,34). The second-order valence-electron chi connectivity index (χ2n) is 7.18. The summed E-state index contributed by atoms with van der Waals surface area (Å²) in [5.41, 5.74) is -2.94. The Balaban J connectivity index is 1.55. The van der Waals surface area contributed by atoms with Gasteiger partial charge >= 0.3 is 23.3 Å². The van der Waals surface area contributed by atoms with Crippen molar-refractivity contribution in [1.82, 2.24) is 15.0 Å². The fourth-order valence-corrected chi connectivity index (χ4v) is 3.69. The highest BCUT2D eigenvalue weighted by atomic mass is 32.2. The number of amides is 2. The van der Waals surface area contributed by atoms with E-state index in [1.807, 2.05) is 0 Å². The highest BCUT2D eigenvalue weighted by molar-refractivity contribution is 7.98. The van der Waals surface area contributed by atoms with Gasteiger partial charge in [0.25, 0.3) is 0 Å². The molecule has 9 nitrogen and oxygen atoms in total. The highest BCUT2D eigenvalue weighted by Crippen LogP contribution is 2.34. The Morgan fingerprint density at radius 1 is 1.00 bits per heavy atom. The zero-order valence-electron chi connectivity index (χ0n) is 18.1. The summed E-state index contributed by atoms with van der Waals surface area (Å²) in [6.07, 6.45) is -1.63. The maximum absolute atomic E-state index is 13.9. The molecular weight excluding hydrogens is 506 g/mol. The maximum atomic E-state index is 13.9. The largest absolute Gasteiger partial charge is 0.455 e. The molecule has 0 spiro atoms. The van der Waals surface area contributed by atoms with Gasteiger partial charge in [-0.3, -0.25) is 9.59 Å². The number of benzene rings is 2. The zero-order valence-corrected chi connectivity index (χ0v) is 18.9. The predicted octanol–water partition coefficient (Wildman–Crippen LogP) is 4.93. The lowest BCUT2D eigenvalue weighted by atomic mass is 10.2. The molecule has 0 fully saturated rings. The number of urea groups is 1. The summed E-state index contributed by atoms with van der Waals surface area (Å²) in [5.74, 6) is -0.538. The predicted molar refractivity (Wildman–Crippen MR) is 125 cm³/mol. The van der Waals surface area contributed by atoms with Gasteiger partial charge in [0, 0.05) is 17.2 Å². The highest BCUT2D eigenvalue weighted by Gasteiger charge is 2.31. The van der Waals surface area contributed by atoms with Gasteiger partial charge < -0.3 is 25.3 Å². The van der Waals surface area contributed by atoms with Crippen molar-refractivity contribution >= 4 is 40.3 Å². The lowest BCUT2D eigenvalue weighted by molar-refractivity contribution is -0.137. The van der Waals surface area contributed by atoms with Crippen molar-refractivity contribution in [1.29, 1.82) is 0 Å². The third-order valence-electron chi connectivity index (χ3n) is 4.78. The molecule has 2 amide bonds. The molecule has 0 aliphatic heterocycles. The number of nitrogens with zero attached hydrogens (tertiary/aromatic N) is 1. The molecule has 4 rings (SSSR count). The smallest absolute Gasteiger partial charge is 0.416 e. The second kappa shape index (κ2) is 9.73. The molecule has 14 heteroatoms. The Morgan fingerprint density at radius 3 is 2.44 bits per heavy atom. The van der Waals surface area contributed by atoms with E-state index in [-0.39, 0.29) is 22.6 Å². The number of hydrogen-bond acceptors (Lipinski definition) is 6. The van der Waals surface area contributed by atoms with Gasteiger partial charge in [0.05, 0.1) is 16.9 Å². The lowest BCUT2D eigenvalue weighted by Gasteiger charge is -2.14. The summed E-state index contributed by atoms with van der Waals surface area (Å²) in [6.45, 7) is 0. The zero-order chi connectivity index (χ0) is 26.0. The summed E-state index contributed by atoms with van der Waals surface area (Å²) >= 11 is 1.22. The number of alkyl halides is 3. The Bertz CT molecular complexity index is 1590. The molecule has 36 heavy (non-hydrogen) atoms. The van der Waals surface area contributed by atoms with Crippen molar-refractivity contribution in [3.63, 3.8) is 0 Å². The topological polar surface area (TPSA) is 129 Å². The molecule has 0 unspecified atom stereocenters. The monoisotopic (exact) mass is 521 g/mol. The molecule has 4 aromatic rings. The van der Waals surface area contributed by atoms with Gasteiger partial charge in [0.1, 0.15) is 17.1 Å².